The summed E-state index contributed by atoms with van der Waals surface area (Å²) in [5, 5.41) is 12.1. The van der Waals surface area contributed by atoms with E-state index in [1.807, 2.05) is 0 Å². The number of hydrogen-bond donors (Lipinski definition) is 2. The van der Waals surface area contributed by atoms with Crippen molar-refractivity contribution >= 4 is 11.9 Å². The van der Waals surface area contributed by atoms with Gasteiger partial charge in [-0.25, -0.2) is 14.8 Å². The molecule has 18 heavy (non-hydrogen) atoms. The lowest BCUT2D eigenvalue weighted by Gasteiger charge is -2.29. The molecule has 1 aliphatic rings. The lowest BCUT2D eigenvalue weighted by Crippen LogP contribution is -2.28. The summed E-state index contributed by atoms with van der Waals surface area (Å²) in [5.74, 6) is 0.172. The second kappa shape index (κ2) is 5.80. The van der Waals surface area contributed by atoms with Crippen molar-refractivity contribution in [3.8, 4) is 0 Å². The van der Waals surface area contributed by atoms with Crippen LogP contribution >= 0.6 is 0 Å². The molecule has 2 N–H and O–H groups in total. The van der Waals surface area contributed by atoms with E-state index in [1.165, 1.54) is 31.5 Å². The zero-order valence-corrected chi connectivity index (χ0v) is 10.6. The SMILES string of the molecule is CCC1CCCC(Nc2nccc(C(=O)O)n2)C1. The van der Waals surface area contributed by atoms with E-state index in [-0.39, 0.29) is 5.69 Å². The summed E-state index contributed by atoms with van der Waals surface area (Å²) in [7, 11) is 0. The van der Waals surface area contributed by atoms with Crippen LogP contribution in [-0.4, -0.2) is 27.1 Å². The monoisotopic (exact) mass is 249 g/mol. The van der Waals surface area contributed by atoms with E-state index in [1.54, 1.807) is 0 Å². The highest BCUT2D eigenvalue weighted by atomic mass is 16.4. The van der Waals surface area contributed by atoms with Crippen molar-refractivity contribution in [2.24, 2.45) is 5.92 Å². The molecule has 0 saturated heterocycles. The zero-order valence-electron chi connectivity index (χ0n) is 10.6. The number of hydrogen-bond acceptors (Lipinski definition) is 4. The predicted molar refractivity (Wildman–Crippen MR) is 68.7 cm³/mol. The number of aromatic nitrogens is 2. The number of aromatic carboxylic acids is 1. The normalized spacial score (nSPS) is 23.6. The van der Waals surface area contributed by atoms with Gasteiger partial charge < -0.3 is 10.4 Å². The first-order valence-electron chi connectivity index (χ1n) is 6.52. The third kappa shape index (κ3) is 3.18. The van der Waals surface area contributed by atoms with Crippen LogP contribution in [0.15, 0.2) is 12.3 Å². The third-order valence-electron chi connectivity index (χ3n) is 3.57. The first-order valence-corrected chi connectivity index (χ1v) is 6.52. The van der Waals surface area contributed by atoms with Crippen LogP contribution in [-0.2, 0) is 0 Å². The van der Waals surface area contributed by atoms with Crippen LogP contribution in [0.5, 0.6) is 0 Å². The molecule has 1 aromatic heterocycles. The minimum absolute atomic E-state index is 0.0374. The van der Waals surface area contributed by atoms with Crippen molar-refractivity contribution in [3.63, 3.8) is 0 Å². The third-order valence-corrected chi connectivity index (χ3v) is 3.57. The molecule has 5 heteroatoms. The van der Waals surface area contributed by atoms with E-state index in [4.69, 9.17) is 5.11 Å². The van der Waals surface area contributed by atoms with E-state index < -0.39 is 5.97 Å². The van der Waals surface area contributed by atoms with Gasteiger partial charge in [0, 0.05) is 12.2 Å². The van der Waals surface area contributed by atoms with Crippen molar-refractivity contribution < 1.29 is 9.90 Å². The average Bonchev–Trinajstić information content (AvgIpc) is 2.39. The molecule has 1 fully saturated rings. The van der Waals surface area contributed by atoms with Gasteiger partial charge in [0.25, 0.3) is 0 Å². The topological polar surface area (TPSA) is 75.1 Å². The Labute approximate surface area is 107 Å². The number of anilines is 1. The molecule has 2 atom stereocenters. The first-order chi connectivity index (χ1) is 8.69. The zero-order chi connectivity index (χ0) is 13.0. The molecule has 2 unspecified atom stereocenters. The Hall–Kier alpha value is -1.65. The van der Waals surface area contributed by atoms with E-state index in [9.17, 15) is 4.79 Å². The highest BCUT2D eigenvalue weighted by Crippen LogP contribution is 2.27. The van der Waals surface area contributed by atoms with E-state index in [0.717, 1.165) is 18.8 Å². The average molecular weight is 249 g/mol. The summed E-state index contributed by atoms with van der Waals surface area (Å²) >= 11 is 0. The number of carbonyl (C=O) groups is 1. The summed E-state index contributed by atoms with van der Waals surface area (Å²) in [6.45, 7) is 2.22. The highest BCUT2D eigenvalue weighted by Gasteiger charge is 2.21. The molecule has 1 aliphatic carbocycles. The number of rotatable bonds is 4. The molecule has 98 valence electrons. The summed E-state index contributed by atoms with van der Waals surface area (Å²) in [5.41, 5.74) is 0.0374. The van der Waals surface area contributed by atoms with Crippen LogP contribution < -0.4 is 5.32 Å². The maximum Gasteiger partial charge on any atom is 0.354 e. The Bertz CT molecular complexity index is 422. The fourth-order valence-corrected chi connectivity index (χ4v) is 2.52. The van der Waals surface area contributed by atoms with Crippen molar-refractivity contribution in [2.75, 3.05) is 5.32 Å². The van der Waals surface area contributed by atoms with Gasteiger partial charge in [-0.05, 0) is 24.8 Å². The number of nitrogens with one attached hydrogen (secondary N) is 1. The van der Waals surface area contributed by atoms with Gasteiger partial charge in [0.2, 0.25) is 5.95 Å². The molecular weight excluding hydrogens is 230 g/mol. The standard InChI is InChI=1S/C13H19N3O2/c1-2-9-4-3-5-10(8-9)15-13-14-7-6-11(16-13)12(17)18/h6-7,9-10H,2-5,8H2,1H3,(H,17,18)(H,14,15,16). The second-order valence-electron chi connectivity index (χ2n) is 4.85. The Balaban J connectivity index is 2.00. The van der Waals surface area contributed by atoms with Gasteiger partial charge in [0.1, 0.15) is 0 Å². The van der Waals surface area contributed by atoms with Crippen LogP contribution in [0.3, 0.4) is 0 Å². The lowest BCUT2D eigenvalue weighted by atomic mass is 9.84. The van der Waals surface area contributed by atoms with Gasteiger partial charge in [0.15, 0.2) is 5.69 Å². The van der Waals surface area contributed by atoms with Crippen molar-refractivity contribution in [1.29, 1.82) is 0 Å². The molecule has 1 aromatic rings. The molecule has 1 saturated carbocycles. The Kier molecular flexibility index (Phi) is 4.12. The molecule has 0 aromatic carbocycles. The van der Waals surface area contributed by atoms with Crippen molar-refractivity contribution in [1.82, 2.24) is 9.97 Å². The van der Waals surface area contributed by atoms with Gasteiger partial charge in [0.05, 0.1) is 0 Å². The molecule has 0 amide bonds. The largest absolute Gasteiger partial charge is 0.477 e. The maximum absolute atomic E-state index is 10.8. The van der Waals surface area contributed by atoms with Crippen LogP contribution in [0.2, 0.25) is 0 Å². The fraction of sp³-hybridized carbons (Fsp3) is 0.615. The van der Waals surface area contributed by atoms with Gasteiger partial charge >= 0.3 is 5.97 Å². The molecule has 0 spiro atoms. The predicted octanol–water partition coefficient (Wildman–Crippen LogP) is 2.56. The molecule has 0 aliphatic heterocycles. The van der Waals surface area contributed by atoms with Gasteiger partial charge in [-0.2, -0.15) is 0 Å². The van der Waals surface area contributed by atoms with E-state index in [2.05, 4.69) is 22.2 Å². The highest BCUT2D eigenvalue weighted by molar-refractivity contribution is 5.85. The fourth-order valence-electron chi connectivity index (χ4n) is 2.52. The van der Waals surface area contributed by atoms with Crippen LogP contribution in [0.1, 0.15) is 49.5 Å². The molecule has 0 radical (unpaired) electrons. The smallest absolute Gasteiger partial charge is 0.354 e. The summed E-state index contributed by atoms with van der Waals surface area (Å²) in [6.07, 6.45) is 7.43. The summed E-state index contributed by atoms with van der Waals surface area (Å²) in [4.78, 5) is 18.9. The van der Waals surface area contributed by atoms with Crippen molar-refractivity contribution in [3.05, 3.63) is 18.0 Å². The molecule has 5 nitrogen and oxygen atoms in total. The molecule has 1 heterocycles. The van der Waals surface area contributed by atoms with Crippen LogP contribution in [0, 0.1) is 5.92 Å². The quantitative estimate of drug-likeness (QED) is 0.857. The minimum atomic E-state index is -1.02. The Morgan fingerprint density at radius 1 is 1.56 bits per heavy atom. The Morgan fingerprint density at radius 2 is 2.39 bits per heavy atom. The van der Waals surface area contributed by atoms with Gasteiger partial charge in [-0.3, -0.25) is 0 Å². The van der Waals surface area contributed by atoms with E-state index >= 15 is 0 Å². The summed E-state index contributed by atoms with van der Waals surface area (Å²) < 4.78 is 0. The minimum Gasteiger partial charge on any atom is -0.477 e. The van der Waals surface area contributed by atoms with Crippen LogP contribution in [0.4, 0.5) is 5.95 Å². The molecule has 2 rings (SSSR count). The first kappa shape index (κ1) is 12.8. The second-order valence-corrected chi connectivity index (χ2v) is 4.85. The lowest BCUT2D eigenvalue weighted by molar-refractivity contribution is 0.0690. The molecule has 0 bridgehead atoms. The molecular formula is C13H19N3O2. The maximum atomic E-state index is 10.8. The Morgan fingerprint density at radius 3 is 3.11 bits per heavy atom. The number of carboxylic acids is 1. The van der Waals surface area contributed by atoms with Crippen molar-refractivity contribution in [2.45, 2.75) is 45.1 Å². The van der Waals surface area contributed by atoms with E-state index in [0.29, 0.717) is 12.0 Å². The summed E-state index contributed by atoms with van der Waals surface area (Å²) in [6, 6.07) is 1.77. The van der Waals surface area contributed by atoms with Gasteiger partial charge in [-0.15, -0.1) is 0 Å². The number of nitrogens with zero attached hydrogens (tertiary/aromatic N) is 2. The van der Waals surface area contributed by atoms with Gasteiger partial charge in [-0.1, -0.05) is 26.2 Å². The number of carboxylic acid groups (broad SMARTS) is 1. The van der Waals surface area contributed by atoms with Crippen LogP contribution in [0.25, 0.3) is 0 Å².